The Kier molecular flexibility index (Phi) is 3.60. The van der Waals surface area contributed by atoms with Crippen molar-refractivity contribution in [3.8, 4) is 11.5 Å². The van der Waals surface area contributed by atoms with Gasteiger partial charge in [-0.1, -0.05) is 0 Å². The van der Waals surface area contributed by atoms with Gasteiger partial charge in [0.15, 0.2) is 5.78 Å². The van der Waals surface area contributed by atoms with Crippen molar-refractivity contribution in [2.24, 2.45) is 0 Å². The molecule has 5 heteroatoms. The van der Waals surface area contributed by atoms with Crippen LogP contribution in [0.3, 0.4) is 0 Å². The second-order valence-corrected chi connectivity index (χ2v) is 8.17. The summed E-state index contributed by atoms with van der Waals surface area (Å²) in [5, 5.41) is 0. The summed E-state index contributed by atoms with van der Waals surface area (Å²) in [6, 6.07) is 3.82. The molecule has 0 aliphatic carbocycles. The lowest BCUT2D eigenvalue weighted by atomic mass is 9.80. The van der Waals surface area contributed by atoms with E-state index >= 15 is 0 Å². The van der Waals surface area contributed by atoms with E-state index < -0.39 is 5.60 Å². The Morgan fingerprint density at radius 1 is 1.08 bits per heavy atom. The number of amides is 1. The molecular formula is C20H25NO4. The zero-order valence-corrected chi connectivity index (χ0v) is 15.2. The molecule has 1 spiro atoms. The highest BCUT2D eigenvalue weighted by Gasteiger charge is 2.45. The summed E-state index contributed by atoms with van der Waals surface area (Å²) in [5.41, 5.74) is 1.06. The van der Waals surface area contributed by atoms with Crippen LogP contribution in [0, 0.1) is 0 Å². The minimum atomic E-state index is -0.459. The molecule has 5 nitrogen and oxygen atoms in total. The normalized spacial score (nSPS) is 23.3. The molecule has 0 bridgehead atoms. The van der Waals surface area contributed by atoms with Gasteiger partial charge in [-0.15, -0.1) is 0 Å². The Labute approximate surface area is 148 Å². The molecule has 1 saturated heterocycles. The third kappa shape index (κ3) is 2.79. The van der Waals surface area contributed by atoms with Crippen LogP contribution in [0.25, 0.3) is 0 Å². The van der Waals surface area contributed by atoms with Crippen LogP contribution in [0.5, 0.6) is 11.5 Å². The zero-order chi connectivity index (χ0) is 17.8. The van der Waals surface area contributed by atoms with E-state index in [1.807, 2.05) is 17.0 Å². The maximum absolute atomic E-state index is 13.0. The summed E-state index contributed by atoms with van der Waals surface area (Å²) in [4.78, 5) is 26.4. The third-order valence-corrected chi connectivity index (χ3v) is 5.80. The number of ether oxygens (including phenoxy) is 2. The van der Waals surface area contributed by atoms with Gasteiger partial charge in [0.1, 0.15) is 22.7 Å². The lowest BCUT2D eigenvalue weighted by Gasteiger charge is -2.44. The fourth-order valence-electron chi connectivity index (χ4n) is 4.27. The quantitative estimate of drug-likeness (QED) is 0.726. The lowest BCUT2D eigenvalue weighted by molar-refractivity contribution is -0.132. The highest BCUT2D eigenvalue weighted by atomic mass is 16.5. The van der Waals surface area contributed by atoms with Crippen molar-refractivity contribution < 1.29 is 19.1 Å². The van der Waals surface area contributed by atoms with Crippen LogP contribution in [-0.4, -0.2) is 40.9 Å². The van der Waals surface area contributed by atoms with Gasteiger partial charge in [-0.2, -0.15) is 0 Å². The first kappa shape index (κ1) is 16.4. The largest absolute Gasteiger partial charge is 0.488 e. The van der Waals surface area contributed by atoms with Crippen molar-refractivity contribution >= 4 is 11.7 Å². The number of benzene rings is 1. The fourth-order valence-corrected chi connectivity index (χ4v) is 4.27. The second kappa shape index (κ2) is 5.48. The van der Waals surface area contributed by atoms with Crippen molar-refractivity contribution in [3.05, 3.63) is 23.3 Å². The summed E-state index contributed by atoms with van der Waals surface area (Å²) < 4.78 is 12.4. The molecule has 4 rings (SSSR count). The maximum Gasteiger partial charge on any atom is 0.219 e. The van der Waals surface area contributed by atoms with E-state index in [1.165, 1.54) is 0 Å². The highest BCUT2D eigenvalue weighted by molar-refractivity contribution is 6.02. The monoisotopic (exact) mass is 343 g/mol. The van der Waals surface area contributed by atoms with E-state index in [-0.39, 0.29) is 17.3 Å². The standard InChI is InChI=1S/C20H25NO4/c1-13(22)21-10-8-20(9-11-21)12-15(23)18-14-6-7-19(2,3)24-16(14)4-5-17(18)25-20/h4-5H,6-12H2,1-3H3. The Balaban J connectivity index is 1.63. The van der Waals surface area contributed by atoms with Crippen LogP contribution >= 0.6 is 0 Å². The van der Waals surface area contributed by atoms with Crippen molar-refractivity contribution in [2.45, 2.75) is 64.1 Å². The Hall–Kier alpha value is -2.04. The first-order valence-electron chi connectivity index (χ1n) is 9.11. The number of hydrogen-bond donors (Lipinski definition) is 0. The first-order chi connectivity index (χ1) is 11.8. The predicted octanol–water partition coefficient (Wildman–Crippen LogP) is 3.14. The minimum Gasteiger partial charge on any atom is -0.488 e. The Morgan fingerprint density at radius 2 is 1.76 bits per heavy atom. The van der Waals surface area contributed by atoms with E-state index in [0.717, 1.165) is 24.2 Å². The van der Waals surface area contributed by atoms with Crippen LogP contribution in [0.2, 0.25) is 0 Å². The molecule has 134 valence electrons. The van der Waals surface area contributed by atoms with E-state index in [0.29, 0.717) is 43.7 Å². The zero-order valence-electron chi connectivity index (χ0n) is 15.2. The SMILES string of the molecule is CC(=O)N1CCC2(CC1)CC(=O)c1c(ccc3c1CCC(C)(C)O3)O2. The molecule has 3 heterocycles. The van der Waals surface area contributed by atoms with Gasteiger partial charge in [-0.25, -0.2) is 0 Å². The van der Waals surface area contributed by atoms with Crippen molar-refractivity contribution in [1.82, 2.24) is 4.90 Å². The van der Waals surface area contributed by atoms with E-state index in [4.69, 9.17) is 9.47 Å². The van der Waals surface area contributed by atoms with Gasteiger partial charge >= 0.3 is 0 Å². The van der Waals surface area contributed by atoms with Gasteiger partial charge in [-0.05, 0) is 38.8 Å². The number of hydrogen-bond acceptors (Lipinski definition) is 4. The molecule has 0 radical (unpaired) electrons. The van der Waals surface area contributed by atoms with Gasteiger partial charge in [0.25, 0.3) is 0 Å². The van der Waals surface area contributed by atoms with Gasteiger partial charge in [-0.3, -0.25) is 9.59 Å². The van der Waals surface area contributed by atoms with E-state index in [9.17, 15) is 9.59 Å². The van der Waals surface area contributed by atoms with Crippen LogP contribution in [0.1, 0.15) is 62.4 Å². The van der Waals surface area contributed by atoms with Crippen molar-refractivity contribution in [2.75, 3.05) is 13.1 Å². The number of fused-ring (bicyclic) bond motifs is 3. The predicted molar refractivity (Wildman–Crippen MR) is 93.3 cm³/mol. The number of likely N-dealkylation sites (tertiary alicyclic amines) is 1. The Morgan fingerprint density at radius 3 is 2.44 bits per heavy atom. The molecule has 0 unspecified atom stereocenters. The smallest absolute Gasteiger partial charge is 0.219 e. The summed E-state index contributed by atoms with van der Waals surface area (Å²) in [6.45, 7) is 7.05. The second-order valence-electron chi connectivity index (χ2n) is 8.17. The average molecular weight is 343 g/mol. The van der Waals surface area contributed by atoms with E-state index in [2.05, 4.69) is 13.8 Å². The molecule has 1 amide bonds. The molecular weight excluding hydrogens is 318 g/mol. The molecule has 25 heavy (non-hydrogen) atoms. The molecule has 1 fully saturated rings. The topological polar surface area (TPSA) is 55.8 Å². The van der Waals surface area contributed by atoms with Gasteiger partial charge in [0.05, 0.1) is 12.0 Å². The molecule has 0 atom stereocenters. The van der Waals surface area contributed by atoms with Crippen molar-refractivity contribution in [1.29, 1.82) is 0 Å². The molecule has 1 aromatic carbocycles. The van der Waals surface area contributed by atoms with Gasteiger partial charge in [0, 0.05) is 38.4 Å². The number of carbonyl (C=O) groups excluding carboxylic acids is 2. The first-order valence-corrected chi connectivity index (χ1v) is 9.11. The summed E-state index contributed by atoms with van der Waals surface area (Å²) in [7, 11) is 0. The van der Waals surface area contributed by atoms with Crippen LogP contribution in [-0.2, 0) is 11.2 Å². The number of Topliss-reactive ketones (excluding diaryl/α,β-unsaturated/α-hetero) is 1. The number of ketones is 1. The fraction of sp³-hybridized carbons (Fsp3) is 0.600. The number of nitrogens with zero attached hydrogens (tertiary/aromatic N) is 1. The van der Waals surface area contributed by atoms with Gasteiger partial charge < -0.3 is 14.4 Å². The maximum atomic E-state index is 13.0. The molecule has 3 aliphatic heterocycles. The van der Waals surface area contributed by atoms with Crippen LogP contribution < -0.4 is 9.47 Å². The number of piperidine rings is 1. The lowest BCUT2D eigenvalue weighted by Crippen LogP contribution is -2.52. The van der Waals surface area contributed by atoms with Crippen LogP contribution in [0.4, 0.5) is 0 Å². The van der Waals surface area contributed by atoms with Crippen molar-refractivity contribution in [3.63, 3.8) is 0 Å². The average Bonchev–Trinajstić information content (AvgIpc) is 2.54. The third-order valence-electron chi connectivity index (χ3n) is 5.80. The molecule has 0 N–H and O–H groups in total. The summed E-state index contributed by atoms with van der Waals surface area (Å²) in [6.07, 6.45) is 3.54. The summed E-state index contributed by atoms with van der Waals surface area (Å²) in [5.74, 6) is 1.74. The minimum absolute atomic E-state index is 0.0891. The molecule has 3 aliphatic rings. The highest BCUT2D eigenvalue weighted by Crippen LogP contribution is 2.45. The number of rotatable bonds is 0. The molecule has 0 aromatic heterocycles. The van der Waals surface area contributed by atoms with E-state index in [1.54, 1.807) is 6.92 Å². The molecule has 0 saturated carbocycles. The summed E-state index contributed by atoms with van der Waals surface area (Å²) >= 11 is 0. The Bertz CT molecular complexity index is 744. The number of carbonyl (C=O) groups is 2. The van der Waals surface area contributed by atoms with Gasteiger partial charge in [0.2, 0.25) is 5.91 Å². The van der Waals surface area contributed by atoms with Crippen LogP contribution in [0.15, 0.2) is 12.1 Å². The molecule has 1 aromatic rings.